The average molecular weight is 390 g/mol. The van der Waals surface area contributed by atoms with Crippen molar-refractivity contribution in [3.63, 3.8) is 0 Å². The number of benzene rings is 2. The number of piperidine rings is 1. The van der Waals surface area contributed by atoms with Crippen molar-refractivity contribution in [2.24, 2.45) is 4.99 Å². The molecule has 2 aliphatic heterocycles. The van der Waals surface area contributed by atoms with Gasteiger partial charge in [0.05, 0.1) is 0 Å². The highest BCUT2D eigenvalue weighted by Crippen LogP contribution is 2.20. The SMILES string of the molecule is CN=C(NCc1ccc(N2CC=CC2)cc1)NC1CCN(c2ccccc2)CC1. The van der Waals surface area contributed by atoms with Crippen molar-refractivity contribution in [1.82, 2.24) is 10.6 Å². The lowest BCUT2D eigenvalue weighted by atomic mass is 10.0. The fourth-order valence-corrected chi connectivity index (χ4v) is 4.01. The highest BCUT2D eigenvalue weighted by atomic mass is 15.2. The number of hydrogen-bond donors (Lipinski definition) is 2. The third-order valence-electron chi connectivity index (χ3n) is 5.76. The van der Waals surface area contributed by atoms with Gasteiger partial charge in [0.2, 0.25) is 0 Å². The molecule has 2 heterocycles. The summed E-state index contributed by atoms with van der Waals surface area (Å²) >= 11 is 0. The Morgan fingerprint density at radius 3 is 2.21 bits per heavy atom. The summed E-state index contributed by atoms with van der Waals surface area (Å²) in [6, 6.07) is 20.0. The van der Waals surface area contributed by atoms with Crippen LogP contribution in [0.15, 0.2) is 71.7 Å². The summed E-state index contributed by atoms with van der Waals surface area (Å²) in [5.74, 6) is 0.885. The molecule has 0 amide bonds. The first kappa shape index (κ1) is 19.4. The second-order valence-electron chi connectivity index (χ2n) is 7.71. The lowest BCUT2D eigenvalue weighted by Gasteiger charge is -2.34. The van der Waals surface area contributed by atoms with Crippen molar-refractivity contribution in [3.8, 4) is 0 Å². The van der Waals surface area contributed by atoms with Gasteiger partial charge in [-0.3, -0.25) is 4.99 Å². The van der Waals surface area contributed by atoms with Crippen LogP contribution in [-0.2, 0) is 6.54 Å². The van der Waals surface area contributed by atoms with E-state index in [4.69, 9.17) is 0 Å². The van der Waals surface area contributed by atoms with Gasteiger partial charge in [0, 0.05) is 57.2 Å². The molecule has 2 aliphatic rings. The zero-order chi connectivity index (χ0) is 19.9. The molecule has 1 fully saturated rings. The molecular formula is C24H31N5. The summed E-state index contributed by atoms with van der Waals surface area (Å²) < 4.78 is 0. The zero-order valence-corrected chi connectivity index (χ0v) is 17.2. The lowest BCUT2D eigenvalue weighted by molar-refractivity contribution is 0.461. The molecule has 0 atom stereocenters. The predicted octanol–water partition coefficient (Wildman–Crippen LogP) is 3.40. The highest BCUT2D eigenvalue weighted by Gasteiger charge is 2.20. The van der Waals surface area contributed by atoms with Crippen molar-refractivity contribution in [2.75, 3.05) is 43.0 Å². The molecular weight excluding hydrogens is 358 g/mol. The molecule has 2 aromatic rings. The van der Waals surface area contributed by atoms with Crippen molar-refractivity contribution >= 4 is 17.3 Å². The Labute approximate surface area is 174 Å². The fraction of sp³-hybridized carbons (Fsp3) is 0.375. The standard InChI is InChI=1S/C24H31N5/c1-25-24(26-19-20-9-11-23(12-10-20)28-15-5-6-16-28)27-21-13-17-29(18-14-21)22-7-3-2-4-8-22/h2-12,21H,13-19H2,1H3,(H2,25,26,27). The monoisotopic (exact) mass is 389 g/mol. The van der Waals surface area contributed by atoms with Gasteiger partial charge in [0.25, 0.3) is 0 Å². The second kappa shape index (κ2) is 9.50. The minimum Gasteiger partial charge on any atom is -0.371 e. The third kappa shape index (κ3) is 5.11. The van der Waals surface area contributed by atoms with Crippen LogP contribution in [0, 0.1) is 0 Å². The van der Waals surface area contributed by atoms with Crippen LogP contribution in [0.3, 0.4) is 0 Å². The summed E-state index contributed by atoms with van der Waals surface area (Å²) in [5.41, 5.74) is 3.87. The first-order chi connectivity index (χ1) is 14.3. The largest absolute Gasteiger partial charge is 0.371 e. The topological polar surface area (TPSA) is 42.9 Å². The van der Waals surface area contributed by atoms with Gasteiger partial charge in [0.15, 0.2) is 5.96 Å². The molecule has 0 aliphatic carbocycles. The van der Waals surface area contributed by atoms with Gasteiger partial charge < -0.3 is 20.4 Å². The summed E-state index contributed by atoms with van der Waals surface area (Å²) in [5, 5.41) is 7.06. The molecule has 1 saturated heterocycles. The smallest absolute Gasteiger partial charge is 0.191 e. The Kier molecular flexibility index (Phi) is 6.35. The van der Waals surface area contributed by atoms with Gasteiger partial charge >= 0.3 is 0 Å². The summed E-state index contributed by atoms with van der Waals surface area (Å²) in [4.78, 5) is 9.24. The number of para-hydroxylation sites is 1. The van der Waals surface area contributed by atoms with Crippen LogP contribution in [0.1, 0.15) is 18.4 Å². The number of aliphatic imine (C=N–C) groups is 1. The molecule has 0 unspecified atom stereocenters. The maximum atomic E-state index is 4.42. The van der Waals surface area contributed by atoms with E-state index in [1.807, 2.05) is 7.05 Å². The zero-order valence-electron chi connectivity index (χ0n) is 17.2. The van der Waals surface area contributed by atoms with Crippen molar-refractivity contribution in [1.29, 1.82) is 0 Å². The van der Waals surface area contributed by atoms with E-state index in [1.54, 1.807) is 0 Å². The van der Waals surface area contributed by atoms with Gasteiger partial charge in [-0.1, -0.05) is 42.5 Å². The lowest BCUT2D eigenvalue weighted by Crippen LogP contribution is -2.48. The minimum atomic E-state index is 0.464. The normalized spacial score (nSPS) is 17.6. The van der Waals surface area contributed by atoms with E-state index >= 15 is 0 Å². The van der Waals surface area contributed by atoms with E-state index in [-0.39, 0.29) is 0 Å². The van der Waals surface area contributed by atoms with Crippen LogP contribution in [0.2, 0.25) is 0 Å². The molecule has 0 saturated carbocycles. The van der Waals surface area contributed by atoms with Gasteiger partial charge in [-0.25, -0.2) is 0 Å². The fourth-order valence-electron chi connectivity index (χ4n) is 4.01. The number of nitrogens with zero attached hydrogens (tertiary/aromatic N) is 3. The third-order valence-corrected chi connectivity index (χ3v) is 5.76. The molecule has 152 valence electrons. The van der Waals surface area contributed by atoms with E-state index in [9.17, 15) is 0 Å². The number of rotatable bonds is 5. The Bertz CT molecular complexity index is 812. The number of hydrogen-bond acceptors (Lipinski definition) is 3. The van der Waals surface area contributed by atoms with Crippen LogP contribution in [0.5, 0.6) is 0 Å². The predicted molar refractivity (Wildman–Crippen MR) is 123 cm³/mol. The van der Waals surface area contributed by atoms with Gasteiger partial charge in [0.1, 0.15) is 0 Å². The quantitative estimate of drug-likeness (QED) is 0.467. The van der Waals surface area contributed by atoms with Crippen molar-refractivity contribution in [3.05, 3.63) is 72.3 Å². The maximum absolute atomic E-state index is 4.42. The molecule has 0 spiro atoms. The Morgan fingerprint density at radius 2 is 1.55 bits per heavy atom. The molecule has 4 rings (SSSR count). The Hall–Kier alpha value is -2.95. The molecule has 2 aromatic carbocycles. The number of anilines is 2. The first-order valence-electron chi connectivity index (χ1n) is 10.6. The Balaban J connectivity index is 1.23. The molecule has 29 heavy (non-hydrogen) atoms. The molecule has 0 radical (unpaired) electrons. The van der Waals surface area contributed by atoms with E-state index in [2.05, 4.69) is 92.2 Å². The summed E-state index contributed by atoms with van der Waals surface area (Å²) in [7, 11) is 1.85. The van der Waals surface area contributed by atoms with Crippen molar-refractivity contribution < 1.29 is 0 Å². The van der Waals surface area contributed by atoms with Gasteiger partial charge in [-0.2, -0.15) is 0 Å². The molecule has 5 nitrogen and oxygen atoms in total. The van der Waals surface area contributed by atoms with Gasteiger partial charge in [-0.15, -0.1) is 0 Å². The Morgan fingerprint density at radius 1 is 0.897 bits per heavy atom. The summed E-state index contributed by atoms with van der Waals surface area (Å²) in [6.45, 7) is 4.95. The molecule has 0 bridgehead atoms. The van der Waals surface area contributed by atoms with Crippen LogP contribution in [0.25, 0.3) is 0 Å². The van der Waals surface area contributed by atoms with E-state index in [0.717, 1.165) is 51.5 Å². The minimum absolute atomic E-state index is 0.464. The highest BCUT2D eigenvalue weighted by molar-refractivity contribution is 5.80. The van der Waals surface area contributed by atoms with Crippen LogP contribution >= 0.6 is 0 Å². The van der Waals surface area contributed by atoms with E-state index in [1.165, 1.54) is 16.9 Å². The van der Waals surface area contributed by atoms with E-state index in [0.29, 0.717) is 6.04 Å². The van der Waals surface area contributed by atoms with Gasteiger partial charge in [-0.05, 0) is 42.7 Å². The molecule has 5 heteroatoms. The number of nitrogens with one attached hydrogen (secondary N) is 2. The average Bonchev–Trinajstić information content (AvgIpc) is 3.33. The van der Waals surface area contributed by atoms with Crippen LogP contribution in [0.4, 0.5) is 11.4 Å². The van der Waals surface area contributed by atoms with Crippen molar-refractivity contribution in [2.45, 2.75) is 25.4 Å². The first-order valence-corrected chi connectivity index (χ1v) is 10.6. The summed E-state index contributed by atoms with van der Waals surface area (Å²) in [6.07, 6.45) is 6.67. The van der Waals surface area contributed by atoms with E-state index < -0.39 is 0 Å². The second-order valence-corrected chi connectivity index (χ2v) is 7.71. The molecule has 0 aromatic heterocycles. The maximum Gasteiger partial charge on any atom is 0.191 e. The molecule has 2 N–H and O–H groups in total. The van der Waals surface area contributed by atoms with Crippen LogP contribution < -0.4 is 20.4 Å². The van der Waals surface area contributed by atoms with Crippen LogP contribution in [-0.4, -0.2) is 45.2 Å². The number of guanidine groups is 1.